The average molecular weight is 376 g/mol. The molecular weight excluding hydrogens is 354 g/mol. The van der Waals surface area contributed by atoms with Gasteiger partial charge < -0.3 is 18.9 Å². The standard InChI is InChI=1S/C19H22ClN3O3/c1-3-14(12-4-5-12)23-11-17(20)21-18(19(23)24)22-8-9-26-16-10-13(25-2)6-7-15(16)22/h6-7,10-12,14H,3-5,8-9H2,1-2H3. The van der Waals surface area contributed by atoms with Gasteiger partial charge in [-0.3, -0.25) is 4.79 Å². The van der Waals surface area contributed by atoms with Gasteiger partial charge in [-0.15, -0.1) is 0 Å². The van der Waals surface area contributed by atoms with Crippen molar-refractivity contribution in [2.45, 2.75) is 32.2 Å². The highest BCUT2D eigenvalue weighted by Gasteiger charge is 2.33. The Balaban J connectivity index is 1.80. The summed E-state index contributed by atoms with van der Waals surface area (Å²) in [5.41, 5.74) is 0.701. The highest BCUT2D eigenvalue weighted by Crippen LogP contribution is 2.42. The van der Waals surface area contributed by atoms with Crippen molar-refractivity contribution in [3.63, 3.8) is 0 Å². The molecule has 0 bridgehead atoms. The third-order valence-electron chi connectivity index (χ3n) is 5.11. The maximum absolute atomic E-state index is 13.2. The molecule has 4 rings (SSSR count). The molecule has 1 saturated carbocycles. The molecule has 2 aromatic rings. The molecular formula is C19H22ClN3O3. The molecule has 0 spiro atoms. The first-order chi connectivity index (χ1) is 12.6. The summed E-state index contributed by atoms with van der Waals surface area (Å²) in [6, 6.07) is 5.74. The molecule has 1 aromatic heterocycles. The van der Waals surface area contributed by atoms with Crippen LogP contribution in [-0.2, 0) is 0 Å². The topological polar surface area (TPSA) is 56.6 Å². The third kappa shape index (κ3) is 3.03. The minimum atomic E-state index is -0.100. The van der Waals surface area contributed by atoms with Gasteiger partial charge in [-0.2, -0.15) is 0 Å². The molecule has 7 heteroatoms. The van der Waals surface area contributed by atoms with E-state index >= 15 is 0 Å². The van der Waals surface area contributed by atoms with E-state index in [0.29, 0.717) is 41.5 Å². The Bertz CT molecular complexity index is 879. The van der Waals surface area contributed by atoms with E-state index in [1.54, 1.807) is 17.9 Å². The zero-order chi connectivity index (χ0) is 18.3. The van der Waals surface area contributed by atoms with Crippen LogP contribution in [-0.4, -0.2) is 29.8 Å². The van der Waals surface area contributed by atoms with Crippen molar-refractivity contribution in [2.24, 2.45) is 5.92 Å². The smallest absolute Gasteiger partial charge is 0.294 e. The van der Waals surface area contributed by atoms with E-state index in [9.17, 15) is 4.79 Å². The Morgan fingerprint density at radius 3 is 2.92 bits per heavy atom. The van der Waals surface area contributed by atoms with Crippen LogP contribution >= 0.6 is 11.6 Å². The number of nitrogens with zero attached hydrogens (tertiary/aromatic N) is 3. The molecule has 0 saturated heterocycles. The summed E-state index contributed by atoms with van der Waals surface area (Å²) in [7, 11) is 1.61. The Morgan fingerprint density at radius 2 is 2.23 bits per heavy atom. The van der Waals surface area contributed by atoms with Gasteiger partial charge in [-0.05, 0) is 37.3 Å². The molecule has 1 aromatic carbocycles. The van der Waals surface area contributed by atoms with E-state index in [-0.39, 0.29) is 11.6 Å². The van der Waals surface area contributed by atoms with Gasteiger partial charge in [0.25, 0.3) is 5.56 Å². The van der Waals surface area contributed by atoms with Gasteiger partial charge in [-0.25, -0.2) is 4.98 Å². The van der Waals surface area contributed by atoms with Gasteiger partial charge >= 0.3 is 0 Å². The number of methoxy groups -OCH3 is 1. The number of rotatable bonds is 5. The van der Waals surface area contributed by atoms with Gasteiger partial charge in [0.05, 0.1) is 19.3 Å². The van der Waals surface area contributed by atoms with E-state index in [4.69, 9.17) is 21.1 Å². The SMILES string of the molecule is CCC(C1CC1)n1cc(Cl)nc(N2CCOc3cc(OC)ccc32)c1=O. The minimum absolute atomic E-state index is 0.100. The molecule has 26 heavy (non-hydrogen) atoms. The van der Waals surface area contributed by atoms with E-state index in [1.165, 1.54) is 12.8 Å². The molecule has 2 heterocycles. The molecule has 138 valence electrons. The van der Waals surface area contributed by atoms with Crippen molar-refractivity contribution in [3.05, 3.63) is 39.9 Å². The number of halogens is 1. The largest absolute Gasteiger partial charge is 0.497 e. The summed E-state index contributed by atoms with van der Waals surface area (Å²) < 4.78 is 12.8. The predicted molar refractivity (Wildman–Crippen MR) is 101 cm³/mol. The van der Waals surface area contributed by atoms with Crippen LogP contribution < -0.4 is 19.9 Å². The van der Waals surface area contributed by atoms with Gasteiger partial charge in [0.1, 0.15) is 23.3 Å². The lowest BCUT2D eigenvalue weighted by molar-refractivity contribution is 0.310. The molecule has 0 amide bonds. The van der Waals surface area contributed by atoms with Crippen LogP contribution in [0, 0.1) is 5.92 Å². The average Bonchev–Trinajstić information content (AvgIpc) is 3.49. The predicted octanol–water partition coefficient (Wildman–Crippen LogP) is 3.80. The number of aromatic nitrogens is 2. The number of ether oxygens (including phenoxy) is 2. The molecule has 1 atom stereocenters. The fraction of sp³-hybridized carbons (Fsp3) is 0.474. The summed E-state index contributed by atoms with van der Waals surface area (Å²) in [5, 5.41) is 0.334. The van der Waals surface area contributed by atoms with Crippen molar-refractivity contribution in [3.8, 4) is 11.5 Å². The molecule has 1 aliphatic carbocycles. The monoisotopic (exact) mass is 375 g/mol. The van der Waals surface area contributed by atoms with Crippen LogP contribution in [0.25, 0.3) is 0 Å². The van der Waals surface area contributed by atoms with E-state index in [2.05, 4.69) is 11.9 Å². The van der Waals surface area contributed by atoms with Crippen LogP contribution in [0.15, 0.2) is 29.2 Å². The van der Waals surface area contributed by atoms with E-state index < -0.39 is 0 Å². The van der Waals surface area contributed by atoms with Crippen molar-refractivity contribution >= 4 is 23.1 Å². The summed E-state index contributed by atoms with van der Waals surface area (Å²) in [5.74, 6) is 2.30. The van der Waals surface area contributed by atoms with Crippen LogP contribution in [0.5, 0.6) is 11.5 Å². The van der Waals surface area contributed by atoms with Gasteiger partial charge in [-0.1, -0.05) is 18.5 Å². The number of anilines is 2. The highest BCUT2D eigenvalue weighted by molar-refractivity contribution is 6.29. The summed E-state index contributed by atoms with van der Waals surface area (Å²) in [4.78, 5) is 19.5. The second kappa shape index (κ2) is 6.83. The maximum Gasteiger partial charge on any atom is 0.294 e. The fourth-order valence-corrected chi connectivity index (χ4v) is 3.86. The summed E-state index contributed by atoms with van der Waals surface area (Å²) in [6.45, 7) is 3.12. The second-order valence-electron chi connectivity index (χ2n) is 6.75. The van der Waals surface area contributed by atoms with Gasteiger partial charge in [0.15, 0.2) is 0 Å². The Kier molecular flexibility index (Phi) is 4.53. The van der Waals surface area contributed by atoms with Crippen molar-refractivity contribution in [2.75, 3.05) is 25.2 Å². The lowest BCUT2D eigenvalue weighted by Gasteiger charge is -2.31. The zero-order valence-electron chi connectivity index (χ0n) is 14.9. The normalized spacial score (nSPS) is 17.4. The molecule has 0 radical (unpaired) electrons. The fourth-order valence-electron chi connectivity index (χ4n) is 3.67. The lowest BCUT2D eigenvalue weighted by atomic mass is 10.1. The molecule has 1 fully saturated rings. The Hall–Kier alpha value is -2.21. The van der Waals surface area contributed by atoms with Crippen molar-refractivity contribution in [1.82, 2.24) is 9.55 Å². The quantitative estimate of drug-likeness (QED) is 0.795. The highest BCUT2D eigenvalue weighted by atomic mass is 35.5. The molecule has 1 aliphatic heterocycles. The Morgan fingerprint density at radius 1 is 1.42 bits per heavy atom. The van der Waals surface area contributed by atoms with Crippen LogP contribution in [0.3, 0.4) is 0 Å². The molecule has 0 N–H and O–H groups in total. The molecule has 1 unspecified atom stereocenters. The first kappa shape index (κ1) is 17.2. The molecule has 2 aliphatic rings. The molecule has 6 nitrogen and oxygen atoms in total. The lowest BCUT2D eigenvalue weighted by Crippen LogP contribution is -2.37. The van der Waals surface area contributed by atoms with Crippen LogP contribution in [0.2, 0.25) is 5.15 Å². The first-order valence-corrected chi connectivity index (χ1v) is 9.37. The Labute approximate surface area is 157 Å². The number of benzene rings is 1. The van der Waals surface area contributed by atoms with Crippen LogP contribution in [0.4, 0.5) is 11.5 Å². The van der Waals surface area contributed by atoms with E-state index in [0.717, 1.165) is 12.1 Å². The summed E-state index contributed by atoms with van der Waals surface area (Å²) >= 11 is 6.29. The number of fused-ring (bicyclic) bond motifs is 1. The first-order valence-electron chi connectivity index (χ1n) is 8.99. The minimum Gasteiger partial charge on any atom is -0.497 e. The van der Waals surface area contributed by atoms with E-state index in [1.807, 2.05) is 23.1 Å². The summed E-state index contributed by atoms with van der Waals surface area (Å²) in [6.07, 6.45) is 4.91. The second-order valence-corrected chi connectivity index (χ2v) is 7.13. The van der Waals surface area contributed by atoms with Crippen molar-refractivity contribution in [1.29, 1.82) is 0 Å². The van der Waals surface area contributed by atoms with Crippen molar-refractivity contribution < 1.29 is 9.47 Å². The van der Waals surface area contributed by atoms with Gasteiger partial charge in [0, 0.05) is 18.3 Å². The van der Waals surface area contributed by atoms with Crippen LogP contribution in [0.1, 0.15) is 32.2 Å². The maximum atomic E-state index is 13.2. The third-order valence-corrected chi connectivity index (χ3v) is 5.29. The zero-order valence-corrected chi connectivity index (χ0v) is 15.7. The number of hydrogen-bond donors (Lipinski definition) is 0. The van der Waals surface area contributed by atoms with Gasteiger partial charge in [0.2, 0.25) is 5.82 Å². The number of hydrogen-bond acceptors (Lipinski definition) is 5.